The predicted octanol–water partition coefficient (Wildman–Crippen LogP) is 1.24. The lowest BCUT2D eigenvalue weighted by molar-refractivity contribution is -0.118. The zero-order valence-electron chi connectivity index (χ0n) is 6.28. The van der Waals surface area contributed by atoms with Crippen LogP contribution in [0.2, 0.25) is 0 Å². The normalized spacial score (nSPS) is 9.60. The number of nitrogens with one attached hydrogen (secondary N) is 1. The lowest BCUT2D eigenvalue weighted by Crippen LogP contribution is -2.27. The summed E-state index contributed by atoms with van der Waals surface area (Å²) in [4.78, 5) is 10.5. The van der Waals surface area contributed by atoms with Gasteiger partial charge < -0.3 is 5.32 Å². The maximum absolute atomic E-state index is 11.9. The van der Waals surface area contributed by atoms with Gasteiger partial charge in [-0.05, 0) is 5.92 Å². The van der Waals surface area contributed by atoms with Gasteiger partial charge in [-0.15, -0.1) is 0 Å². The molecule has 0 aliphatic carbocycles. The van der Waals surface area contributed by atoms with Crippen molar-refractivity contribution < 1.29 is 9.18 Å². The van der Waals surface area contributed by atoms with Gasteiger partial charge in [-0.25, -0.2) is 4.39 Å². The molecule has 58 valence electrons. The Morgan fingerprint density at radius 2 is 2.20 bits per heavy atom. The second-order valence-electron chi connectivity index (χ2n) is 2.51. The molecule has 0 bridgehead atoms. The molecule has 0 aliphatic rings. The van der Waals surface area contributed by atoms with Crippen LogP contribution in [-0.4, -0.2) is 12.5 Å². The van der Waals surface area contributed by atoms with Crippen LogP contribution in [0.3, 0.4) is 0 Å². The second kappa shape index (κ2) is 4.04. The first kappa shape index (κ1) is 9.14. The van der Waals surface area contributed by atoms with Crippen LogP contribution in [0.15, 0.2) is 12.4 Å². The topological polar surface area (TPSA) is 29.1 Å². The highest BCUT2D eigenvalue weighted by Crippen LogP contribution is 1.92. The molecule has 1 N–H and O–H groups in total. The molecule has 0 aromatic heterocycles. The van der Waals surface area contributed by atoms with Crippen LogP contribution < -0.4 is 5.32 Å². The van der Waals surface area contributed by atoms with Crippen molar-refractivity contribution in [3.8, 4) is 0 Å². The summed E-state index contributed by atoms with van der Waals surface area (Å²) < 4.78 is 11.9. The van der Waals surface area contributed by atoms with E-state index in [9.17, 15) is 9.18 Å². The SMILES string of the molecule is C=C(F)C(=O)NCC(C)C. The fraction of sp³-hybridized carbons (Fsp3) is 0.571. The Kier molecular flexibility index (Phi) is 3.69. The first-order valence-corrected chi connectivity index (χ1v) is 3.16. The minimum absolute atomic E-state index is 0.336. The van der Waals surface area contributed by atoms with Crippen LogP contribution in [0.1, 0.15) is 13.8 Å². The molecule has 0 heterocycles. The molecular formula is C7H12FNO. The summed E-state index contributed by atoms with van der Waals surface area (Å²) in [7, 11) is 0. The molecular weight excluding hydrogens is 133 g/mol. The maximum Gasteiger partial charge on any atom is 0.279 e. The molecule has 0 atom stereocenters. The van der Waals surface area contributed by atoms with Gasteiger partial charge in [0.05, 0.1) is 0 Å². The molecule has 0 saturated heterocycles. The summed E-state index contributed by atoms with van der Waals surface area (Å²) >= 11 is 0. The van der Waals surface area contributed by atoms with Crippen LogP contribution in [0.4, 0.5) is 4.39 Å². The third kappa shape index (κ3) is 4.06. The second-order valence-corrected chi connectivity index (χ2v) is 2.51. The quantitative estimate of drug-likeness (QED) is 0.595. The van der Waals surface area contributed by atoms with E-state index in [2.05, 4.69) is 11.9 Å². The van der Waals surface area contributed by atoms with E-state index in [4.69, 9.17) is 0 Å². The number of amides is 1. The molecule has 0 aromatic rings. The Hall–Kier alpha value is -0.860. The van der Waals surface area contributed by atoms with Crippen LogP contribution in [0, 0.1) is 5.92 Å². The minimum Gasteiger partial charge on any atom is -0.350 e. The number of carbonyl (C=O) groups is 1. The minimum atomic E-state index is -0.930. The standard InChI is InChI=1S/C7H12FNO/c1-5(2)4-9-7(10)6(3)8/h5H,3-4H2,1-2H3,(H,9,10). The molecule has 0 radical (unpaired) electrons. The monoisotopic (exact) mass is 145 g/mol. The van der Waals surface area contributed by atoms with Gasteiger partial charge >= 0.3 is 0 Å². The van der Waals surface area contributed by atoms with Crippen molar-refractivity contribution in [1.29, 1.82) is 0 Å². The number of rotatable bonds is 3. The highest BCUT2D eigenvalue weighted by atomic mass is 19.1. The zero-order chi connectivity index (χ0) is 8.15. The summed E-state index contributed by atoms with van der Waals surface area (Å²) in [6.07, 6.45) is 0. The molecule has 10 heavy (non-hydrogen) atoms. The number of carbonyl (C=O) groups excluding carboxylic acids is 1. The highest BCUT2D eigenvalue weighted by molar-refractivity contribution is 5.90. The van der Waals surface area contributed by atoms with Gasteiger partial charge in [-0.1, -0.05) is 20.4 Å². The molecule has 0 rings (SSSR count). The Labute approximate surface area is 60.1 Å². The molecule has 0 aromatic carbocycles. The smallest absolute Gasteiger partial charge is 0.279 e. The van der Waals surface area contributed by atoms with Gasteiger partial charge in [0.25, 0.3) is 5.91 Å². The third-order valence-corrected chi connectivity index (χ3v) is 0.917. The Balaban J connectivity index is 3.50. The summed E-state index contributed by atoms with van der Waals surface area (Å²) in [5, 5.41) is 2.37. The first-order chi connectivity index (χ1) is 4.54. The Bertz CT molecular complexity index is 143. The first-order valence-electron chi connectivity index (χ1n) is 3.16. The van der Waals surface area contributed by atoms with Crippen molar-refractivity contribution in [3.63, 3.8) is 0 Å². The van der Waals surface area contributed by atoms with E-state index >= 15 is 0 Å². The molecule has 2 nitrogen and oxygen atoms in total. The van der Waals surface area contributed by atoms with Gasteiger partial charge in [0.2, 0.25) is 0 Å². The van der Waals surface area contributed by atoms with E-state index in [1.54, 1.807) is 0 Å². The van der Waals surface area contributed by atoms with Crippen LogP contribution in [0.25, 0.3) is 0 Å². The Morgan fingerprint density at radius 1 is 1.70 bits per heavy atom. The number of hydrogen-bond donors (Lipinski definition) is 1. The van der Waals surface area contributed by atoms with Gasteiger partial charge in [-0.2, -0.15) is 0 Å². The number of hydrogen-bond acceptors (Lipinski definition) is 1. The molecule has 0 spiro atoms. The zero-order valence-corrected chi connectivity index (χ0v) is 6.28. The lowest BCUT2D eigenvalue weighted by Gasteiger charge is -2.04. The predicted molar refractivity (Wildman–Crippen MR) is 38.1 cm³/mol. The maximum atomic E-state index is 11.9. The van der Waals surface area contributed by atoms with E-state index < -0.39 is 11.7 Å². The fourth-order valence-electron chi connectivity index (χ4n) is 0.393. The van der Waals surface area contributed by atoms with Gasteiger partial charge in [0, 0.05) is 6.54 Å². The van der Waals surface area contributed by atoms with E-state index in [-0.39, 0.29) is 0 Å². The molecule has 3 heteroatoms. The van der Waals surface area contributed by atoms with Crippen molar-refractivity contribution >= 4 is 5.91 Å². The van der Waals surface area contributed by atoms with E-state index in [1.807, 2.05) is 13.8 Å². The van der Waals surface area contributed by atoms with Crippen molar-refractivity contribution in [2.24, 2.45) is 5.92 Å². The largest absolute Gasteiger partial charge is 0.350 e. The Morgan fingerprint density at radius 3 is 2.50 bits per heavy atom. The highest BCUT2D eigenvalue weighted by Gasteiger charge is 2.04. The summed E-state index contributed by atoms with van der Waals surface area (Å²) in [5.41, 5.74) is 0. The van der Waals surface area contributed by atoms with Crippen LogP contribution >= 0.6 is 0 Å². The lowest BCUT2D eigenvalue weighted by atomic mass is 10.2. The summed E-state index contributed by atoms with van der Waals surface area (Å²) in [6, 6.07) is 0. The fourth-order valence-corrected chi connectivity index (χ4v) is 0.393. The van der Waals surface area contributed by atoms with Gasteiger partial charge in [0.1, 0.15) is 0 Å². The van der Waals surface area contributed by atoms with Gasteiger partial charge in [0.15, 0.2) is 5.83 Å². The average Bonchev–Trinajstić information content (AvgIpc) is 1.82. The molecule has 0 saturated carbocycles. The summed E-state index contributed by atoms with van der Waals surface area (Å²) in [5.74, 6) is -1.31. The van der Waals surface area contributed by atoms with Crippen molar-refractivity contribution in [2.75, 3.05) is 6.54 Å². The molecule has 1 amide bonds. The number of halogens is 1. The molecule has 0 unspecified atom stereocenters. The average molecular weight is 145 g/mol. The van der Waals surface area contributed by atoms with E-state index in [0.717, 1.165) is 0 Å². The third-order valence-electron chi connectivity index (χ3n) is 0.917. The van der Waals surface area contributed by atoms with E-state index in [0.29, 0.717) is 12.5 Å². The van der Waals surface area contributed by atoms with Crippen molar-refractivity contribution in [2.45, 2.75) is 13.8 Å². The molecule has 0 fully saturated rings. The van der Waals surface area contributed by atoms with Crippen molar-refractivity contribution in [1.82, 2.24) is 5.32 Å². The van der Waals surface area contributed by atoms with Gasteiger partial charge in [-0.3, -0.25) is 4.79 Å². The molecule has 0 aliphatic heterocycles. The van der Waals surface area contributed by atoms with E-state index in [1.165, 1.54) is 0 Å². The van der Waals surface area contributed by atoms with Crippen molar-refractivity contribution in [3.05, 3.63) is 12.4 Å². The van der Waals surface area contributed by atoms with Crippen LogP contribution in [0.5, 0.6) is 0 Å². The summed E-state index contributed by atoms with van der Waals surface area (Å²) in [6.45, 7) is 7.21. The van der Waals surface area contributed by atoms with Crippen LogP contribution in [-0.2, 0) is 4.79 Å².